The first-order valence-corrected chi connectivity index (χ1v) is 10.1. The van der Waals surface area contributed by atoms with Crippen LogP contribution < -0.4 is 9.62 Å². The molecule has 3 aromatic rings. The maximum atomic E-state index is 13.0. The summed E-state index contributed by atoms with van der Waals surface area (Å²) in [6.07, 6.45) is 0. The van der Waals surface area contributed by atoms with Crippen molar-refractivity contribution >= 4 is 27.3 Å². The Morgan fingerprint density at radius 2 is 1.54 bits per heavy atom. The van der Waals surface area contributed by atoms with Gasteiger partial charge in [0.2, 0.25) is 0 Å². The Hall–Kier alpha value is -3.19. The Kier molecular flexibility index (Phi) is 5.75. The number of carbonyl (C=O) groups is 1. The summed E-state index contributed by atoms with van der Waals surface area (Å²) in [6.45, 7) is 2.04. The number of hydrogen-bond donors (Lipinski definition) is 1. The van der Waals surface area contributed by atoms with Gasteiger partial charge in [0.1, 0.15) is 5.82 Å². The van der Waals surface area contributed by atoms with Gasteiger partial charge in [-0.15, -0.1) is 0 Å². The Morgan fingerprint density at radius 3 is 2.11 bits per heavy atom. The van der Waals surface area contributed by atoms with Gasteiger partial charge in [-0.05, 0) is 67.6 Å². The molecule has 0 aliphatic heterocycles. The van der Waals surface area contributed by atoms with E-state index in [0.29, 0.717) is 16.9 Å². The first-order chi connectivity index (χ1) is 13.4. The molecule has 0 aliphatic rings. The summed E-state index contributed by atoms with van der Waals surface area (Å²) in [5, 5.41) is 2.64. The molecule has 0 saturated carbocycles. The van der Waals surface area contributed by atoms with E-state index >= 15 is 0 Å². The van der Waals surface area contributed by atoms with Crippen molar-refractivity contribution in [2.45, 2.75) is 11.8 Å². The van der Waals surface area contributed by atoms with Crippen molar-refractivity contribution in [3.8, 4) is 0 Å². The first-order valence-electron chi connectivity index (χ1n) is 8.66. The fourth-order valence-corrected chi connectivity index (χ4v) is 4.20. The van der Waals surface area contributed by atoms with E-state index in [-0.39, 0.29) is 11.4 Å². The normalized spacial score (nSPS) is 11.1. The van der Waals surface area contributed by atoms with Crippen molar-refractivity contribution in [3.63, 3.8) is 0 Å². The van der Waals surface area contributed by atoms with Crippen LogP contribution in [0.3, 0.4) is 0 Å². The lowest BCUT2D eigenvalue weighted by Crippen LogP contribution is -2.30. The number of anilines is 2. The quantitative estimate of drug-likeness (QED) is 0.673. The van der Waals surface area contributed by atoms with Crippen molar-refractivity contribution in [3.05, 3.63) is 90.2 Å². The molecule has 0 unspecified atom stereocenters. The van der Waals surface area contributed by atoms with Gasteiger partial charge in [-0.25, -0.2) is 12.8 Å². The molecular weight excluding hydrogens is 379 g/mol. The zero-order valence-electron chi connectivity index (χ0n) is 15.2. The van der Waals surface area contributed by atoms with Gasteiger partial charge in [-0.2, -0.15) is 0 Å². The lowest BCUT2D eigenvalue weighted by Gasteiger charge is -2.23. The molecule has 0 bridgehead atoms. The molecule has 0 fully saturated rings. The van der Waals surface area contributed by atoms with Gasteiger partial charge in [0, 0.05) is 17.8 Å². The molecule has 3 rings (SSSR count). The third kappa shape index (κ3) is 4.20. The molecule has 144 valence electrons. The highest BCUT2D eigenvalue weighted by Gasteiger charge is 2.23. The summed E-state index contributed by atoms with van der Waals surface area (Å²) in [7, 11) is -3.75. The summed E-state index contributed by atoms with van der Waals surface area (Å²) in [4.78, 5) is 12.4. The summed E-state index contributed by atoms with van der Waals surface area (Å²) in [5.74, 6) is -0.808. The number of halogens is 1. The van der Waals surface area contributed by atoms with Gasteiger partial charge in [0.25, 0.3) is 15.9 Å². The van der Waals surface area contributed by atoms with Crippen LogP contribution in [0.1, 0.15) is 17.3 Å². The number of benzene rings is 3. The van der Waals surface area contributed by atoms with Crippen LogP contribution in [-0.2, 0) is 10.0 Å². The van der Waals surface area contributed by atoms with Gasteiger partial charge >= 0.3 is 0 Å². The van der Waals surface area contributed by atoms with Crippen molar-refractivity contribution in [2.75, 3.05) is 16.2 Å². The molecule has 0 saturated heterocycles. The first kappa shape index (κ1) is 19.6. The SMILES string of the molecule is CCN(c1ccccc1)S(=O)(=O)c1ccc(C(=O)Nc2ccc(F)cc2)cc1. The fourth-order valence-electron chi connectivity index (χ4n) is 2.73. The van der Waals surface area contributed by atoms with Gasteiger partial charge in [0.05, 0.1) is 10.6 Å². The number of amides is 1. The number of nitrogens with zero attached hydrogens (tertiary/aromatic N) is 1. The summed E-state index contributed by atoms with van der Waals surface area (Å²) < 4.78 is 40.2. The minimum atomic E-state index is -3.75. The molecule has 0 aromatic heterocycles. The number of rotatable bonds is 6. The van der Waals surface area contributed by atoms with Crippen LogP contribution in [0, 0.1) is 5.82 Å². The molecule has 0 aliphatic carbocycles. The standard InChI is InChI=1S/C21H19FN2O3S/c1-2-24(19-6-4-3-5-7-19)28(26,27)20-14-8-16(9-15-20)21(25)23-18-12-10-17(22)11-13-18/h3-15H,2H2,1H3,(H,23,25). The molecule has 0 atom stereocenters. The highest BCUT2D eigenvalue weighted by molar-refractivity contribution is 7.92. The minimum Gasteiger partial charge on any atom is -0.322 e. The molecule has 0 heterocycles. The van der Waals surface area contributed by atoms with Gasteiger partial charge in [-0.3, -0.25) is 9.10 Å². The largest absolute Gasteiger partial charge is 0.322 e. The number of carbonyl (C=O) groups excluding carboxylic acids is 1. The number of hydrogen-bond acceptors (Lipinski definition) is 3. The second kappa shape index (κ2) is 8.22. The number of sulfonamides is 1. The van der Waals surface area contributed by atoms with Crippen molar-refractivity contribution in [1.29, 1.82) is 0 Å². The smallest absolute Gasteiger partial charge is 0.264 e. The minimum absolute atomic E-state index is 0.0940. The number of para-hydroxylation sites is 1. The lowest BCUT2D eigenvalue weighted by molar-refractivity contribution is 0.102. The van der Waals surface area contributed by atoms with E-state index < -0.39 is 21.7 Å². The van der Waals surface area contributed by atoms with E-state index in [1.807, 2.05) is 6.07 Å². The second-order valence-electron chi connectivity index (χ2n) is 5.99. The molecule has 0 spiro atoms. The van der Waals surface area contributed by atoms with Crippen LogP contribution in [-0.4, -0.2) is 20.9 Å². The Bertz CT molecular complexity index is 1050. The van der Waals surface area contributed by atoms with E-state index in [4.69, 9.17) is 0 Å². The predicted molar refractivity (Wildman–Crippen MR) is 107 cm³/mol. The van der Waals surface area contributed by atoms with Crippen molar-refractivity contribution in [2.24, 2.45) is 0 Å². The van der Waals surface area contributed by atoms with Crippen LogP contribution in [0.5, 0.6) is 0 Å². The molecule has 28 heavy (non-hydrogen) atoms. The second-order valence-corrected chi connectivity index (χ2v) is 7.85. The third-order valence-electron chi connectivity index (χ3n) is 4.14. The van der Waals surface area contributed by atoms with E-state index in [1.165, 1.54) is 52.8 Å². The highest BCUT2D eigenvalue weighted by Crippen LogP contribution is 2.23. The maximum Gasteiger partial charge on any atom is 0.264 e. The summed E-state index contributed by atoms with van der Waals surface area (Å²) in [6, 6.07) is 19.9. The van der Waals surface area contributed by atoms with E-state index in [1.54, 1.807) is 31.2 Å². The zero-order valence-corrected chi connectivity index (χ0v) is 16.0. The lowest BCUT2D eigenvalue weighted by atomic mass is 10.2. The Morgan fingerprint density at radius 1 is 0.929 bits per heavy atom. The molecule has 1 N–H and O–H groups in total. The molecule has 5 nitrogen and oxygen atoms in total. The molecule has 7 heteroatoms. The van der Waals surface area contributed by atoms with Crippen molar-refractivity contribution < 1.29 is 17.6 Å². The van der Waals surface area contributed by atoms with Gasteiger partial charge < -0.3 is 5.32 Å². The van der Waals surface area contributed by atoms with E-state index in [2.05, 4.69) is 5.32 Å². The van der Waals surface area contributed by atoms with Crippen LogP contribution in [0.15, 0.2) is 83.8 Å². The average molecular weight is 398 g/mol. The number of nitrogens with one attached hydrogen (secondary N) is 1. The third-order valence-corrected chi connectivity index (χ3v) is 6.06. The van der Waals surface area contributed by atoms with Crippen LogP contribution in [0.25, 0.3) is 0 Å². The van der Waals surface area contributed by atoms with E-state index in [0.717, 1.165) is 0 Å². The topological polar surface area (TPSA) is 66.5 Å². The Balaban J connectivity index is 1.81. The van der Waals surface area contributed by atoms with Crippen LogP contribution in [0.4, 0.5) is 15.8 Å². The van der Waals surface area contributed by atoms with Crippen molar-refractivity contribution in [1.82, 2.24) is 0 Å². The van der Waals surface area contributed by atoms with Gasteiger partial charge in [-0.1, -0.05) is 18.2 Å². The highest BCUT2D eigenvalue weighted by atomic mass is 32.2. The zero-order chi connectivity index (χ0) is 20.1. The fraction of sp³-hybridized carbons (Fsp3) is 0.0952. The molecule has 3 aromatic carbocycles. The molecule has 1 amide bonds. The summed E-state index contributed by atoms with van der Waals surface area (Å²) >= 11 is 0. The monoisotopic (exact) mass is 398 g/mol. The summed E-state index contributed by atoms with van der Waals surface area (Å²) in [5.41, 5.74) is 1.32. The van der Waals surface area contributed by atoms with E-state index in [9.17, 15) is 17.6 Å². The predicted octanol–water partition coefficient (Wildman–Crippen LogP) is 4.29. The average Bonchev–Trinajstić information content (AvgIpc) is 2.71. The maximum absolute atomic E-state index is 13.0. The molecule has 0 radical (unpaired) electrons. The molecular formula is C21H19FN2O3S. The Labute approximate surface area is 163 Å². The van der Waals surface area contributed by atoms with Crippen LogP contribution in [0.2, 0.25) is 0 Å². The van der Waals surface area contributed by atoms with Gasteiger partial charge in [0.15, 0.2) is 0 Å². The van der Waals surface area contributed by atoms with Crippen LogP contribution >= 0.6 is 0 Å².